The van der Waals surface area contributed by atoms with Crippen molar-refractivity contribution in [1.29, 1.82) is 0 Å². The predicted molar refractivity (Wildman–Crippen MR) is 239 cm³/mol. The second kappa shape index (κ2) is 45.7. The first-order chi connectivity index (χ1) is 26.7. The molecule has 0 aliphatic carbocycles. The van der Waals surface area contributed by atoms with Crippen molar-refractivity contribution in [2.45, 2.75) is 257 Å². The van der Waals surface area contributed by atoms with E-state index in [4.69, 9.17) is 0 Å². The van der Waals surface area contributed by atoms with E-state index in [1.807, 2.05) is 6.08 Å². The number of allylic oxidation sites excluding steroid dienone is 7. The van der Waals surface area contributed by atoms with Crippen LogP contribution in [-0.4, -0.2) is 34.9 Å². The molecule has 3 N–H and O–H groups in total. The van der Waals surface area contributed by atoms with Crippen molar-refractivity contribution < 1.29 is 15.0 Å². The summed E-state index contributed by atoms with van der Waals surface area (Å²) in [6.45, 7) is 4.30. The van der Waals surface area contributed by atoms with Gasteiger partial charge in [0.2, 0.25) is 5.91 Å². The summed E-state index contributed by atoms with van der Waals surface area (Å²) in [5.74, 6) is -0.0815. The van der Waals surface area contributed by atoms with Crippen LogP contribution in [-0.2, 0) is 4.79 Å². The summed E-state index contributed by atoms with van der Waals surface area (Å²) in [6, 6.07) is -0.648. The van der Waals surface area contributed by atoms with Gasteiger partial charge in [-0.2, -0.15) is 0 Å². The smallest absolute Gasteiger partial charge is 0.220 e. The summed E-state index contributed by atoms with van der Waals surface area (Å²) in [6.07, 6.45) is 62.3. The molecule has 0 rings (SSSR count). The van der Waals surface area contributed by atoms with Crippen molar-refractivity contribution in [3.8, 4) is 0 Å². The van der Waals surface area contributed by atoms with Crippen LogP contribution in [0.3, 0.4) is 0 Å². The number of unbranched alkanes of at least 4 members (excludes halogenated alkanes) is 30. The highest BCUT2D eigenvalue weighted by atomic mass is 16.3. The molecule has 1 amide bonds. The Morgan fingerprint density at radius 1 is 0.426 bits per heavy atom. The van der Waals surface area contributed by atoms with Crippen LogP contribution in [0.2, 0.25) is 0 Å². The fraction of sp³-hybridized carbons (Fsp3) is 0.820. The van der Waals surface area contributed by atoms with E-state index in [2.05, 4.69) is 55.6 Å². The van der Waals surface area contributed by atoms with Crippen molar-refractivity contribution in [2.24, 2.45) is 0 Å². The number of hydrogen-bond donors (Lipinski definition) is 3. The largest absolute Gasteiger partial charge is 0.394 e. The summed E-state index contributed by atoms with van der Waals surface area (Å²) in [5, 5.41) is 23.0. The Morgan fingerprint density at radius 3 is 1.07 bits per heavy atom. The monoisotopic (exact) mass is 756 g/mol. The Labute approximate surface area is 337 Å². The van der Waals surface area contributed by atoms with Gasteiger partial charge in [-0.1, -0.05) is 217 Å². The molecule has 2 unspecified atom stereocenters. The Kier molecular flexibility index (Phi) is 44.3. The molecular formula is C50H93NO3. The Bertz CT molecular complexity index is 862. The highest BCUT2D eigenvalue weighted by molar-refractivity contribution is 5.76. The third-order valence-corrected chi connectivity index (χ3v) is 10.8. The molecule has 0 saturated carbocycles. The number of nitrogens with one attached hydrogen (secondary N) is 1. The lowest BCUT2D eigenvalue weighted by Crippen LogP contribution is -2.45. The van der Waals surface area contributed by atoms with Crippen molar-refractivity contribution in [3.63, 3.8) is 0 Å². The molecule has 0 spiro atoms. The average Bonchev–Trinajstić information content (AvgIpc) is 3.18. The third-order valence-electron chi connectivity index (χ3n) is 10.8. The predicted octanol–water partition coefficient (Wildman–Crippen LogP) is 15.1. The standard InChI is InChI=1S/C50H93NO3/c1-3-5-7-9-11-13-15-17-19-21-23-24-25-26-28-30-32-34-36-38-40-42-44-46-50(54)51-48(47-52)49(53)45-43-41-39-37-35-33-31-29-27-22-20-18-16-14-12-10-8-6-4-2/h26-29,35,37,43,45,48-49,52-53H,3-25,30-34,36,38-42,44,46-47H2,1-2H3,(H,51,54)/b28-26-,29-27+,37-35+,45-43+. The zero-order chi connectivity index (χ0) is 39.3. The lowest BCUT2D eigenvalue weighted by molar-refractivity contribution is -0.123. The fourth-order valence-corrected chi connectivity index (χ4v) is 7.09. The Morgan fingerprint density at radius 2 is 0.722 bits per heavy atom. The van der Waals surface area contributed by atoms with Gasteiger partial charge in [-0.05, 0) is 70.6 Å². The molecule has 0 aromatic heterocycles. The number of aliphatic hydroxyl groups excluding tert-OH is 2. The van der Waals surface area contributed by atoms with E-state index >= 15 is 0 Å². The van der Waals surface area contributed by atoms with Crippen molar-refractivity contribution in [3.05, 3.63) is 48.6 Å². The summed E-state index contributed by atoms with van der Waals surface area (Å²) >= 11 is 0. The molecule has 0 aromatic carbocycles. The summed E-state index contributed by atoms with van der Waals surface area (Å²) < 4.78 is 0. The van der Waals surface area contributed by atoms with Gasteiger partial charge in [0.15, 0.2) is 0 Å². The van der Waals surface area contributed by atoms with E-state index in [1.165, 1.54) is 186 Å². The molecule has 0 fully saturated rings. The van der Waals surface area contributed by atoms with Gasteiger partial charge in [0, 0.05) is 6.42 Å². The van der Waals surface area contributed by atoms with Crippen molar-refractivity contribution in [2.75, 3.05) is 6.61 Å². The molecule has 54 heavy (non-hydrogen) atoms. The summed E-state index contributed by atoms with van der Waals surface area (Å²) in [4.78, 5) is 12.4. The van der Waals surface area contributed by atoms with Gasteiger partial charge in [-0.25, -0.2) is 0 Å². The molecule has 0 aromatic rings. The fourth-order valence-electron chi connectivity index (χ4n) is 7.09. The van der Waals surface area contributed by atoms with Crippen LogP contribution < -0.4 is 5.32 Å². The van der Waals surface area contributed by atoms with E-state index < -0.39 is 12.1 Å². The first-order valence-electron chi connectivity index (χ1n) is 23.9. The maximum Gasteiger partial charge on any atom is 0.220 e. The second-order valence-electron chi connectivity index (χ2n) is 16.2. The van der Waals surface area contributed by atoms with Gasteiger partial charge < -0.3 is 15.5 Å². The number of hydrogen-bond acceptors (Lipinski definition) is 3. The zero-order valence-corrected chi connectivity index (χ0v) is 36.2. The minimum absolute atomic E-state index is 0.0815. The molecule has 0 saturated heterocycles. The Hall–Kier alpha value is -1.65. The maximum atomic E-state index is 12.4. The molecule has 0 aliphatic heterocycles. The molecule has 0 bridgehead atoms. The molecule has 4 nitrogen and oxygen atoms in total. The van der Waals surface area contributed by atoms with E-state index in [0.29, 0.717) is 6.42 Å². The van der Waals surface area contributed by atoms with Gasteiger partial charge in [0.1, 0.15) is 0 Å². The van der Waals surface area contributed by atoms with Gasteiger partial charge >= 0.3 is 0 Å². The SMILES string of the molecule is CCCCCCCCCCC/C=C/CC/C=C/CC/C=C/C(O)C(CO)NC(=O)CCCCCCCCC/C=C\CCCCCCCCCCCCCC. The summed E-state index contributed by atoms with van der Waals surface area (Å²) in [7, 11) is 0. The first kappa shape index (κ1) is 52.3. The highest BCUT2D eigenvalue weighted by Crippen LogP contribution is 2.14. The van der Waals surface area contributed by atoms with Crippen LogP contribution >= 0.6 is 0 Å². The molecule has 0 aliphatic rings. The van der Waals surface area contributed by atoms with Crippen LogP contribution in [0.1, 0.15) is 245 Å². The lowest BCUT2D eigenvalue weighted by Gasteiger charge is -2.19. The summed E-state index contributed by atoms with van der Waals surface area (Å²) in [5.41, 5.74) is 0. The van der Waals surface area contributed by atoms with Gasteiger partial charge in [-0.3, -0.25) is 4.79 Å². The lowest BCUT2D eigenvalue weighted by atomic mass is 10.0. The number of amides is 1. The van der Waals surface area contributed by atoms with Gasteiger partial charge in [-0.15, -0.1) is 0 Å². The average molecular weight is 756 g/mol. The van der Waals surface area contributed by atoms with Crippen LogP contribution in [0.15, 0.2) is 48.6 Å². The second-order valence-corrected chi connectivity index (χ2v) is 16.2. The van der Waals surface area contributed by atoms with E-state index in [9.17, 15) is 15.0 Å². The van der Waals surface area contributed by atoms with Crippen LogP contribution in [0.4, 0.5) is 0 Å². The topological polar surface area (TPSA) is 69.6 Å². The first-order valence-corrected chi connectivity index (χ1v) is 23.9. The van der Waals surface area contributed by atoms with E-state index in [0.717, 1.165) is 38.5 Å². The van der Waals surface area contributed by atoms with Gasteiger partial charge in [0.25, 0.3) is 0 Å². The highest BCUT2D eigenvalue weighted by Gasteiger charge is 2.17. The van der Waals surface area contributed by atoms with Crippen molar-refractivity contribution in [1.82, 2.24) is 5.32 Å². The number of rotatable bonds is 43. The van der Waals surface area contributed by atoms with Crippen LogP contribution in [0, 0.1) is 0 Å². The minimum atomic E-state index is -0.872. The molecule has 0 heterocycles. The van der Waals surface area contributed by atoms with E-state index in [1.54, 1.807) is 6.08 Å². The zero-order valence-electron chi connectivity index (χ0n) is 36.2. The third kappa shape index (κ3) is 41.5. The maximum absolute atomic E-state index is 12.4. The van der Waals surface area contributed by atoms with E-state index in [-0.39, 0.29) is 12.5 Å². The van der Waals surface area contributed by atoms with Gasteiger partial charge in [0.05, 0.1) is 18.8 Å². The molecule has 2 atom stereocenters. The van der Waals surface area contributed by atoms with Crippen LogP contribution in [0.25, 0.3) is 0 Å². The normalized spacial score (nSPS) is 13.3. The van der Waals surface area contributed by atoms with Crippen LogP contribution in [0.5, 0.6) is 0 Å². The quantitative estimate of drug-likeness (QED) is 0.0429. The number of aliphatic hydroxyl groups is 2. The number of carbonyl (C=O) groups excluding carboxylic acids is 1. The molecule has 316 valence electrons. The minimum Gasteiger partial charge on any atom is -0.394 e. The van der Waals surface area contributed by atoms with Crippen molar-refractivity contribution >= 4 is 5.91 Å². The number of carbonyl (C=O) groups is 1. The molecular weight excluding hydrogens is 663 g/mol. The Balaban J connectivity index is 3.61. The molecule has 4 heteroatoms. The molecule has 0 radical (unpaired) electrons.